The Hall–Kier alpha value is -2.38. The molecular formula is C11H16N4O4. The highest BCUT2D eigenvalue weighted by Gasteiger charge is 2.16. The molecule has 0 rings (SSSR count). The lowest BCUT2D eigenvalue weighted by atomic mass is 10.4. The number of nitrogens with zero attached hydrogens (tertiary/aromatic N) is 4. The number of amides is 2. The van der Waals surface area contributed by atoms with E-state index in [9.17, 15) is 19.2 Å². The second-order valence-corrected chi connectivity index (χ2v) is 3.72. The molecule has 8 heteroatoms. The van der Waals surface area contributed by atoms with Crippen LogP contribution in [-0.4, -0.2) is 59.9 Å². The van der Waals surface area contributed by atoms with E-state index in [4.69, 9.17) is 0 Å². The maximum absolute atomic E-state index is 11.5. The summed E-state index contributed by atoms with van der Waals surface area (Å²) >= 11 is 0. The molecule has 0 bridgehead atoms. The molecule has 0 N–H and O–H groups in total. The minimum Gasteiger partial charge on any atom is -0.293 e. The van der Waals surface area contributed by atoms with Crippen molar-refractivity contribution < 1.29 is 19.2 Å². The van der Waals surface area contributed by atoms with Crippen molar-refractivity contribution >= 4 is 35.8 Å². The first-order chi connectivity index (χ1) is 8.73. The summed E-state index contributed by atoms with van der Waals surface area (Å²) in [6.45, 7) is 2.58. The molecule has 0 unspecified atom stereocenters. The summed E-state index contributed by atoms with van der Waals surface area (Å²) in [6.07, 6.45) is 1.48. The van der Waals surface area contributed by atoms with E-state index < -0.39 is 18.2 Å². The smallest absolute Gasteiger partial charge is 0.251 e. The average Bonchev–Trinajstić information content (AvgIpc) is 2.32. The van der Waals surface area contributed by atoms with Gasteiger partial charge in [-0.2, -0.15) is 10.2 Å². The van der Waals surface area contributed by atoms with Crippen molar-refractivity contribution in [1.82, 2.24) is 10.0 Å². The molecular weight excluding hydrogens is 252 g/mol. The summed E-state index contributed by atoms with van der Waals surface area (Å²) < 4.78 is 0. The van der Waals surface area contributed by atoms with Crippen LogP contribution >= 0.6 is 0 Å². The lowest BCUT2D eigenvalue weighted by Gasteiger charge is -2.13. The zero-order valence-electron chi connectivity index (χ0n) is 11.3. The summed E-state index contributed by atoms with van der Waals surface area (Å²) in [5, 5.41) is 8.89. The maximum atomic E-state index is 11.5. The molecule has 0 aliphatic rings. The van der Waals surface area contributed by atoms with E-state index in [2.05, 4.69) is 10.2 Å². The molecule has 0 spiro atoms. The number of hydrogen-bond donors (Lipinski definition) is 0. The minimum atomic E-state index is -0.590. The fraction of sp³-hybridized carbons (Fsp3) is 0.455. The molecule has 0 aromatic carbocycles. The molecule has 0 atom stereocenters. The highest BCUT2D eigenvalue weighted by molar-refractivity contribution is 6.26. The number of Topliss-reactive ketones (excluding diaryl/α,β-unsaturated/α-hetero) is 2. The Bertz CT molecular complexity index is 402. The Balaban J connectivity index is 4.44. The van der Waals surface area contributed by atoms with Gasteiger partial charge in [-0.05, 0) is 0 Å². The van der Waals surface area contributed by atoms with Crippen molar-refractivity contribution in [1.29, 1.82) is 0 Å². The van der Waals surface area contributed by atoms with Gasteiger partial charge in [0.1, 0.15) is 6.42 Å². The monoisotopic (exact) mass is 268 g/mol. The van der Waals surface area contributed by atoms with E-state index in [1.165, 1.54) is 27.9 Å². The third-order valence-electron chi connectivity index (χ3n) is 1.85. The summed E-state index contributed by atoms with van der Waals surface area (Å²) in [5.74, 6) is -1.80. The lowest BCUT2D eigenvalue weighted by molar-refractivity contribution is -0.139. The molecule has 19 heavy (non-hydrogen) atoms. The molecule has 0 saturated heterocycles. The van der Waals surface area contributed by atoms with Gasteiger partial charge in [0.2, 0.25) is 0 Å². The average molecular weight is 268 g/mol. The van der Waals surface area contributed by atoms with E-state index in [1.54, 1.807) is 0 Å². The first kappa shape index (κ1) is 16.6. The van der Waals surface area contributed by atoms with Crippen LogP contribution in [-0.2, 0) is 19.2 Å². The molecule has 2 amide bonds. The predicted molar refractivity (Wildman–Crippen MR) is 68.5 cm³/mol. The zero-order valence-corrected chi connectivity index (χ0v) is 11.3. The van der Waals surface area contributed by atoms with Crippen molar-refractivity contribution in [2.75, 3.05) is 14.1 Å². The topological polar surface area (TPSA) is 99.5 Å². The number of carbonyl (C=O) groups excluding carboxylic acids is 4. The first-order valence-corrected chi connectivity index (χ1v) is 5.36. The molecule has 0 fully saturated rings. The van der Waals surface area contributed by atoms with Gasteiger partial charge in [0.25, 0.3) is 11.8 Å². The van der Waals surface area contributed by atoms with Crippen molar-refractivity contribution in [2.45, 2.75) is 20.3 Å². The SMILES string of the molecule is CC(=O)/C=N/N(C)C(=O)CC(=O)N(C)/N=C/C(C)=O. The van der Waals surface area contributed by atoms with Crippen LogP contribution < -0.4 is 0 Å². The van der Waals surface area contributed by atoms with Gasteiger partial charge in [-0.25, -0.2) is 10.0 Å². The highest BCUT2D eigenvalue weighted by atomic mass is 16.2. The predicted octanol–water partition coefficient (Wildman–Crippen LogP) is -0.557. The number of rotatable bonds is 6. The van der Waals surface area contributed by atoms with Crippen LogP contribution in [0.25, 0.3) is 0 Å². The quantitative estimate of drug-likeness (QED) is 0.366. The number of carbonyl (C=O) groups is 4. The molecule has 0 aromatic heterocycles. The van der Waals surface area contributed by atoms with E-state index in [0.29, 0.717) is 0 Å². The lowest BCUT2D eigenvalue weighted by Crippen LogP contribution is -2.30. The molecule has 0 heterocycles. The third-order valence-corrected chi connectivity index (χ3v) is 1.85. The molecule has 0 aromatic rings. The van der Waals surface area contributed by atoms with Gasteiger partial charge in [-0.15, -0.1) is 0 Å². The van der Waals surface area contributed by atoms with Gasteiger partial charge >= 0.3 is 0 Å². The van der Waals surface area contributed by atoms with E-state index in [-0.39, 0.29) is 11.6 Å². The second kappa shape index (κ2) is 7.85. The van der Waals surface area contributed by atoms with Crippen molar-refractivity contribution in [2.24, 2.45) is 10.2 Å². The summed E-state index contributed by atoms with van der Waals surface area (Å²) in [5.41, 5.74) is 0. The summed E-state index contributed by atoms with van der Waals surface area (Å²) in [6, 6.07) is 0. The molecule has 0 aliphatic heterocycles. The fourth-order valence-electron chi connectivity index (χ4n) is 0.823. The first-order valence-electron chi connectivity index (χ1n) is 5.36. The van der Waals surface area contributed by atoms with E-state index in [0.717, 1.165) is 22.4 Å². The minimum absolute atomic E-state index is 0.311. The molecule has 0 aliphatic carbocycles. The third kappa shape index (κ3) is 7.53. The van der Waals surface area contributed by atoms with Gasteiger partial charge in [-0.3, -0.25) is 19.2 Å². The Morgan fingerprint density at radius 2 is 1.16 bits per heavy atom. The Labute approximate surface area is 110 Å². The standard InChI is InChI=1S/C11H16N4O4/c1-8(16)6-12-14(3)10(18)5-11(19)15(4)13-7-9(2)17/h6-7H,5H2,1-4H3/b12-6+,13-7+. The van der Waals surface area contributed by atoms with Gasteiger partial charge in [0.05, 0.1) is 12.4 Å². The van der Waals surface area contributed by atoms with Crippen LogP contribution in [0, 0.1) is 0 Å². The Kier molecular flexibility index (Phi) is 6.87. The van der Waals surface area contributed by atoms with Crippen molar-refractivity contribution in [3.8, 4) is 0 Å². The van der Waals surface area contributed by atoms with E-state index in [1.807, 2.05) is 0 Å². The molecule has 8 nitrogen and oxygen atoms in total. The largest absolute Gasteiger partial charge is 0.293 e. The summed E-state index contributed by atoms with van der Waals surface area (Å²) in [7, 11) is 2.65. The Morgan fingerprint density at radius 3 is 1.42 bits per heavy atom. The number of ketones is 2. The maximum Gasteiger partial charge on any atom is 0.251 e. The number of hydrazone groups is 2. The van der Waals surface area contributed by atoms with Crippen LogP contribution in [0.4, 0.5) is 0 Å². The van der Waals surface area contributed by atoms with Gasteiger partial charge < -0.3 is 0 Å². The van der Waals surface area contributed by atoms with Gasteiger partial charge in [-0.1, -0.05) is 0 Å². The summed E-state index contributed by atoms with van der Waals surface area (Å²) in [4.78, 5) is 44.4. The molecule has 0 saturated carbocycles. The van der Waals surface area contributed by atoms with Crippen molar-refractivity contribution in [3.63, 3.8) is 0 Å². The van der Waals surface area contributed by atoms with E-state index >= 15 is 0 Å². The Morgan fingerprint density at radius 1 is 0.842 bits per heavy atom. The second-order valence-electron chi connectivity index (χ2n) is 3.72. The van der Waals surface area contributed by atoms with Crippen molar-refractivity contribution in [3.05, 3.63) is 0 Å². The number of hydrogen-bond acceptors (Lipinski definition) is 6. The van der Waals surface area contributed by atoms with Crippen LogP contribution in [0.5, 0.6) is 0 Å². The van der Waals surface area contributed by atoms with Crippen LogP contribution in [0.3, 0.4) is 0 Å². The fourth-order valence-corrected chi connectivity index (χ4v) is 0.823. The normalized spacial score (nSPS) is 10.7. The van der Waals surface area contributed by atoms with Crippen LogP contribution in [0.2, 0.25) is 0 Å². The van der Waals surface area contributed by atoms with Gasteiger partial charge in [0.15, 0.2) is 11.6 Å². The van der Waals surface area contributed by atoms with Crippen LogP contribution in [0.1, 0.15) is 20.3 Å². The van der Waals surface area contributed by atoms with Gasteiger partial charge in [0, 0.05) is 27.9 Å². The van der Waals surface area contributed by atoms with Crippen LogP contribution in [0.15, 0.2) is 10.2 Å². The molecule has 0 radical (unpaired) electrons. The zero-order chi connectivity index (χ0) is 15.0. The highest BCUT2D eigenvalue weighted by Crippen LogP contribution is 1.96. The molecule has 104 valence electrons.